The molecule has 5 aromatic rings. The number of anilines is 1. The molecule has 0 spiro atoms. The quantitative estimate of drug-likeness (QED) is 0.198. The van der Waals surface area contributed by atoms with Crippen LogP contribution in [0.25, 0.3) is 21.3 Å². The first-order valence-electron chi connectivity index (χ1n) is 13.0. The average molecular weight is 542 g/mol. The van der Waals surface area contributed by atoms with Gasteiger partial charge in [-0.05, 0) is 81.0 Å². The van der Waals surface area contributed by atoms with Crippen LogP contribution in [-0.2, 0) is 17.6 Å². The topological polar surface area (TPSA) is 93.4 Å². The molecule has 9 heteroatoms. The van der Waals surface area contributed by atoms with E-state index in [1.54, 1.807) is 11.3 Å². The van der Waals surface area contributed by atoms with E-state index in [9.17, 15) is 4.79 Å². The Morgan fingerprint density at radius 1 is 0.949 bits per heavy atom. The average Bonchev–Trinajstić information content (AvgIpc) is 3.55. The summed E-state index contributed by atoms with van der Waals surface area (Å²) in [5.41, 5.74) is 3.95. The number of benzene rings is 3. The van der Waals surface area contributed by atoms with E-state index >= 15 is 0 Å². The standard InChI is InChI=1S/C30H31N5O3S/c1-35(2)16-6-7-17-37-24-13-11-23(12-14-24)31-27(36)19-28-33-34-29(38-28)20-30-32-25-15-10-22(18-26(25)39-30)21-8-4-3-5-9-21/h3-5,8-15,18H,6-7,16-17,19-20H2,1-2H3,(H,31,36). The number of carbonyl (C=O) groups is 1. The van der Waals surface area contributed by atoms with E-state index in [1.165, 1.54) is 5.56 Å². The van der Waals surface area contributed by atoms with Gasteiger partial charge in [0.25, 0.3) is 0 Å². The van der Waals surface area contributed by atoms with Crippen molar-refractivity contribution < 1.29 is 13.9 Å². The largest absolute Gasteiger partial charge is 0.494 e. The summed E-state index contributed by atoms with van der Waals surface area (Å²) in [7, 11) is 4.13. The summed E-state index contributed by atoms with van der Waals surface area (Å²) in [5.74, 6) is 1.27. The Kier molecular flexibility index (Phi) is 8.60. The number of nitrogens with one attached hydrogen (secondary N) is 1. The van der Waals surface area contributed by atoms with Gasteiger partial charge in [0.05, 0.1) is 23.2 Å². The maximum Gasteiger partial charge on any atom is 0.233 e. The summed E-state index contributed by atoms with van der Waals surface area (Å²) in [6.45, 7) is 1.72. The van der Waals surface area contributed by atoms with Gasteiger partial charge in [0.1, 0.15) is 17.2 Å². The number of unbranched alkanes of at least 4 members (excludes halogenated alkanes) is 1. The van der Waals surface area contributed by atoms with E-state index in [2.05, 4.69) is 58.8 Å². The third-order valence-corrected chi connectivity index (χ3v) is 7.09. The fraction of sp³-hybridized carbons (Fsp3) is 0.267. The van der Waals surface area contributed by atoms with Gasteiger partial charge < -0.3 is 19.4 Å². The van der Waals surface area contributed by atoms with Gasteiger partial charge in [-0.25, -0.2) is 4.98 Å². The highest BCUT2D eigenvalue weighted by Crippen LogP contribution is 2.29. The molecule has 0 fully saturated rings. The molecule has 5 rings (SSSR count). The second-order valence-corrected chi connectivity index (χ2v) is 10.6. The van der Waals surface area contributed by atoms with Crippen molar-refractivity contribution in [2.45, 2.75) is 25.7 Å². The molecule has 0 saturated carbocycles. The van der Waals surface area contributed by atoms with Crippen LogP contribution in [0.2, 0.25) is 0 Å². The molecule has 1 amide bonds. The Balaban J connectivity index is 1.11. The molecule has 0 atom stereocenters. The van der Waals surface area contributed by atoms with Gasteiger partial charge >= 0.3 is 0 Å². The third-order valence-electron chi connectivity index (χ3n) is 6.07. The van der Waals surface area contributed by atoms with E-state index < -0.39 is 0 Å². The number of hydrogen-bond acceptors (Lipinski definition) is 8. The van der Waals surface area contributed by atoms with Gasteiger partial charge in [-0.15, -0.1) is 21.5 Å². The number of nitrogens with zero attached hydrogens (tertiary/aromatic N) is 4. The molecule has 0 saturated heterocycles. The molecule has 0 aliphatic heterocycles. The second kappa shape index (κ2) is 12.6. The Bertz CT molecular complexity index is 1510. The predicted octanol–water partition coefficient (Wildman–Crippen LogP) is 5.84. The lowest BCUT2D eigenvalue weighted by Crippen LogP contribution is -2.14. The van der Waals surface area contributed by atoms with Crippen LogP contribution >= 0.6 is 11.3 Å². The van der Waals surface area contributed by atoms with Crippen LogP contribution in [0.1, 0.15) is 29.6 Å². The number of carbonyl (C=O) groups excluding carboxylic acids is 1. The number of aromatic nitrogens is 3. The lowest BCUT2D eigenvalue weighted by atomic mass is 10.1. The Hall–Kier alpha value is -4.08. The summed E-state index contributed by atoms with van der Waals surface area (Å²) in [5, 5.41) is 11.9. The summed E-state index contributed by atoms with van der Waals surface area (Å²) in [6.07, 6.45) is 2.51. The number of rotatable bonds is 12. The van der Waals surface area contributed by atoms with Crippen molar-refractivity contribution in [3.63, 3.8) is 0 Å². The van der Waals surface area contributed by atoms with Gasteiger partial charge in [-0.3, -0.25) is 4.79 Å². The first kappa shape index (κ1) is 26.5. The first-order chi connectivity index (χ1) is 19.0. The highest BCUT2D eigenvalue weighted by Gasteiger charge is 2.14. The Labute approximate surface area is 231 Å². The first-order valence-corrected chi connectivity index (χ1v) is 13.8. The monoisotopic (exact) mass is 541 g/mol. The van der Waals surface area contributed by atoms with Crippen LogP contribution in [0.15, 0.2) is 77.2 Å². The summed E-state index contributed by atoms with van der Waals surface area (Å²) in [4.78, 5) is 19.4. The normalized spacial score (nSPS) is 11.3. The van der Waals surface area contributed by atoms with Crippen LogP contribution in [0.5, 0.6) is 5.75 Å². The molecule has 39 heavy (non-hydrogen) atoms. The molecule has 1 N–H and O–H groups in total. The second-order valence-electron chi connectivity index (χ2n) is 9.53. The van der Waals surface area contributed by atoms with Crippen molar-refractivity contribution >= 4 is 33.1 Å². The summed E-state index contributed by atoms with van der Waals surface area (Å²) in [6, 6.07) is 23.9. The zero-order chi connectivity index (χ0) is 27.0. The number of amides is 1. The van der Waals surface area contributed by atoms with Crippen LogP contribution in [-0.4, -0.2) is 53.2 Å². The third kappa shape index (κ3) is 7.49. The molecule has 3 aromatic carbocycles. The highest BCUT2D eigenvalue weighted by molar-refractivity contribution is 7.18. The Morgan fingerprint density at radius 3 is 2.54 bits per heavy atom. The minimum atomic E-state index is -0.226. The van der Waals surface area contributed by atoms with Crippen LogP contribution in [0.4, 0.5) is 5.69 Å². The zero-order valence-corrected chi connectivity index (χ0v) is 22.9. The summed E-state index contributed by atoms with van der Waals surface area (Å²) < 4.78 is 12.6. The minimum absolute atomic E-state index is 0.00257. The maximum atomic E-state index is 12.5. The van der Waals surface area contributed by atoms with Gasteiger partial charge in [0.2, 0.25) is 17.7 Å². The molecule has 2 heterocycles. The molecule has 0 aliphatic carbocycles. The maximum absolute atomic E-state index is 12.5. The number of thiazole rings is 1. The lowest BCUT2D eigenvalue weighted by molar-refractivity contribution is -0.115. The minimum Gasteiger partial charge on any atom is -0.494 e. The molecule has 8 nitrogen and oxygen atoms in total. The Morgan fingerprint density at radius 2 is 1.74 bits per heavy atom. The van der Waals surface area contributed by atoms with Crippen molar-refractivity contribution in [2.24, 2.45) is 0 Å². The molecule has 0 radical (unpaired) electrons. The van der Waals surface area contributed by atoms with Crippen molar-refractivity contribution in [2.75, 3.05) is 32.6 Å². The number of ether oxygens (including phenoxy) is 1. The molecule has 200 valence electrons. The van der Waals surface area contributed by atoms with Crippen molar-refractivity contribution in [3.05, 3.63) is 89.6 Å². The van der Waals surface area contributed by atoms with Crippen LogP contribution in [0.3, 0.4) is 0 Å². The number of fused-ring (bicyclic) bond motifs is 1. The van der Waals surface area contributed by atoms with Crippen molar-refractivity contribution in [1.29, 1.82) is 0 Å². The molecule has 0 unspecified atom stereocenters. The summed E-state index contributed by atoms with van der Waals surface area (Å²) >= 11 is 1.60. The van der Waals surface area contributed by atoms with Gasteiger partial charge in [-0.1, -0.05) is 36.4 Å². The molecule has 0 bridgehead atoms. The van der Waals surface area contributed by atoms with E-state index in [0.29, 0.717) is 24.6 Å². The van der Waals surface area contributed by atoms with Gasteiger partial charge in [0, 0.05) is 5.69 Å². The van der Waals surface area contributed by atoms with Crippen LogP contribution < -0.4 is 10.1 Å². The van der Waals surface area contributed by atoms with Gasteiger partial charge in [0.15, 0.2) is 0 Å². The smallest absolute Gasteiger partial charge is 0.233 e. The lowest BCUT2D eigenvalue weighted by Gasteiger charge is -2.10. The van der Waals surface area contributed by atoms with Crippen molar-refractivity contribution in [3.8, 4) is 16.9 Å². The molecular weight excluding hydrogens is 510 g/mol. The van der Waals surface area contributed by atoms with E-state index in [0.717, 1.165) is 45.9 Å². The zero-order valence-electron chi connectivity index (χ0n) is 22.1. The molecule has 0 aliphatic rings. The number of hydrogen-bond donors (Lipinski definition) is 1. The molecular formula is C30H31N5O3S. The predicted molar refractivity (Wildman–Crippen MR) is 154 cm³/mol. The van der Waals surface area contributed by atoms with Crippen molar-refractivity contribution in [1.82, 2.24) is 20.1 Å². The van der Waals surface area contributed by atoms with Gasteiger partial charge in [-0.2, -0.15) is 0 Å². The molecule has 2 aromatic heterocycles. The highest BCUT2D eigenvalue weighted by atomic mass is 32.1. The van der Waals surface area contributed by atoms with E-state index in [4.69, 9.17) is 14.1 Å². The van der Waals surface area contributed by atoms with E-state index in [-0.39, 0.29) is 18.2 Å². The van der Waals surface area contributed by atoms with Crippen LogP contribution in [0, 0.1) is 0 Å². The fourth-order valence-electron chi connectivity index (χ4n) is 4.12. The SMILES string of the molecule is CN(C)CCCCOc1ccc(NC(=O)Cc2nnc(Cc3nc4ccc(-c5ccccc5)cc4s3)o2)cc1. The van der Waals surface area contributed by atoms with E-state index in [1.807, 2.05) is 48.5 Å². The fourth-order valence-corrected chi connectivity index (χ4v) is 5.11.